The van der Waals surface area contributed by atoms with Gasteiger partial charge in [0, 0.05) is 0 Å². The Kier molecular flexibility index (Phi) is 34.6. The highest BCUT2D eigenvalue weighted by Gasteiger charge is 2.02. The van der Waals surface area contributed by atoms with E-state index in [4.69, 9.17) is 0 Å². The molecule has 0 aliphatic carbocycles. The van der Waals surface area contributed by atoms with Crippen LogP contribution in [-0.4, -0.2) is 24.5 Å². The average Bonchev–Trinajstić information content (AvgIpc) is 2.81. The maximum atomic E-state index is 2.68. The molecule has 1 nitrogen and oxygen atoms in total. The van der Waals surface area contributed by atoms with E-state index >= 15 is 0 Å². The van der Waals surface area contributed by atoms with E-state index in [1.807, 2.05) is 0 Å². The van der Waals surface area contributed by atoms with Gasteiger partial charge in [0.25, 0.3) is 0 Å². The molecule has 0 aliphatic rings. The molecule has 0 spiro atoms. The number of nitrogens with zero attached hydrogens (tertiary/aromatic N) is 1. The van der Waals surface area contributed by atoms with Gasteiger partial charge in [-0.15, -0.1) is 12.4 Å². The minimum absolute atomic E-state index is 0. The van der Waals surface area contributed by atoms with Crippen molar-refractivity contribution in [2.24, 2.45) is 0 Å². The van der Waals surface area contributed by atoms with Crippen molar-refractivity contribution in [3.8, 4) is 0 Å². The van der Waals surface area contributed by atoms with Gasteiger partial charge in [-0.2, -0.15) is 0 Å². The van der Waals surface area contributed by atoms with E-state index in [0.717, 1.165) is 0 Å². The van der Waals surface area contributed by atoms with Crippen molar-refractivity contribution in [1.82, 2.24) is 4.90 Å². The molecular weight excluding hydrogens is 422 g/mol. The summed E-state index contributed by atoms with van der Waals surface area (Å²) in [5.41, 5.74) is 0. The van der Waals surface area contributed by atoms with Gasteiger partial charge in [-0.3, -0.25) is 0 Å². The van der Waals surface area contributed by atoms with Crippen molar-refractivity contribution < 1.29 is 0 Å². The van der Waals surface area contributed by atoms with Crippen LogP contribution in [0.3, 0.4) is 0 Å². The topological polar surface area (TPSA) is 3.24 Å². The minimum atomic E-state index is 0. The Morgan fingerprint density at radius 1 is 0.303 bits per heavy atom. The third-order valence-electron chi connectivity index (χ3n) is 7.35. The molecule has 0 fully saturated rings. The third kappa shape index (κ3) is 30.2. The molecule has 0 rings (SSSR count). The monoisotopic (exact) mass is 487 g/mol. The molecule has 0 N–H and O–H groups in total. The van der Waals surface area contributed by atoms with Crippen molar-refractivity contribution in [1.29, 1.82) is 0 Å². The summed E-state index contributed by atoms with van der Waals surface area (Å²) in [6.07, 6.45) is 36.5. The standard InChI is InChI=1S/C31H65N.ClH/c1-4-7-9-11-12-13-14-15-16-17-18-19-20-21-22-23-24-25-27-29-31-32(6-3)30-28-26-10-8-5-2;/h4-31H2,1-3H3;1H. The van der Waals surface area contributed by atoms with Crippen LogP contribution in [0.2, 0.25) is 0 Å². The first kappa shape index (κ1) is 35.4. The molecule has 0 radical (unpaired) electrons. The molecule has 0 aromatic carbocycles. The molecule has 0 aromatic rings. The van der Waals surface area contributed by atoms with Crippen LogP contribution < -0.4 is 0 Å². The Morgan fingerprint density at radius 2 is 0.515 bits per heavy atom. The molecule has 0 bridgehead atoms. The zero-order valence-corrected chi connectivity index (χ0v) is 24.5. The maximum Gasteiger partial charge on any atom is -0.00189 e. The van der Waals surface area contributed by atoms with E-state index < -0.39 is 0 Å². The van der Waals surface area contributed by atoms with E-state index in [2.05, 4.69) is 25.7 Å². The lowest BCUT2D eigenvalue weighted by atomic mass is 10.0. The molecule has 0 saturated carbocycles. The SMILES string of the molecule is CCCCCCCCCCCCCCCCCCCCCCN(CC)CCCCCCC.Cl. The van der Waals surface area contributed by atoms with Crippen molar-refractivity contribution in [2.75, 3.05) is 19.6 Å². The second kappa shape index (κ2) is 32.2. The smallest absolute Gasteiger partial charge is 0.00189 e. The van der Waals surface area contributed by atoms with Crippen LogP contribution >= 0.6 is 12.4 Å². The quantitative estimate of drug-likeness (QED) is 0.0990. The largest absolute Gasteiger partial charge is 0.304 e. The van der Waals surface area contributed by atoms with Gasteiger partial charge in [0.05, 0.1) is 0 Å². The van der Waals surface area contributed by atoms with E-state index in [-0.39, 0.29) is 12.4 Å². The first-order valence-corrected chi connectivity index (χ1v) is 15.6. The average molecular weight is 488 g/mol. The Balaban J connectivity index is 0. The molecule has 0 atom stereocenters. The first-order chi connectivity index (χ1) is 15.8. The van der Waals surface area contributed by atoms with E-state index in [9.17, 15) is 0 Å². The predicted octanol–water partition coefficient (Wildman–Crippen LogP) is 11.5. The van der Waals surface area contributed by atoms with Crippen LogP contribution in [-0.2, 0) is 0 Å². The third-order valence-corrected chi connectivity index (χ3v) is 7.35. The highest BCUT2D eigenvalue weighted by atomic mass is 35.5. The van der Waals surface area contributed by atoms with E-state index in [1.54, 1.807) is 0 Å². The van der Waals surface area contributed by atoms with Crippen LogP contribution in [0, 0.1) is 0 Å². The number of unbranched alkanes of at least 4 members (excludes halogenated alkanes) is 23. The fourth-order valence-corrected chi connectivity index (χ4v) is 4.96. The summed E-state index contributed by atoms with van der Waals surface area (Å²) >= 11 is 0. The van der Waals surface area contributed by atoms with Gasteiger partial charge in [-0.05, 0) is 32.5 Å². The Labute approximate surface area is 218 Å². The summed E-state index contributed by atoms with van der Waals surface area (Å²) in [4.78, 5) is 2.68. The fraction of sp³-hybridized carbons (Fsp3) is 1.00. The van der Waals surface area contributed by atoms with Gasteiger partial charge in [-0.1, -0.05) is 168 Å². The second-order valence-electron chi connectivity index (χ2n) is 10.6. The number of halogens is 1. The molecule has 0 aliphatic heterocycles. The van der Waals surface area contributed by atoms with Gasteiger partial charge in [0.2, 0.25) is 0 Å². The van der Waals surface area contributed by atoms with Crippen LogP contribution in [0.4, 0.5) is 0 Å². The van der Waals surface area contributed by atoms with Gasteiger partial charge in [-0.25, -0.2) is 0 Å². The molecule has 0 unspecified atom stereocenters. The first-order valence-electron chi connectivity index (χ1n) is 15.6. The predicted molar refractivity (Wildman–Crippen MR) is 156 cm³/mol. The van der Waals surface area contributed by atoms with Crippen molar-refractivity contribution in [2.45, 2.75) is 181 Å². The van der Waals surface area contributed by atoms with Crippen molar-refractivity contribution >= 4 is 12.4 Å². The number of rotatable bonds is 28. The van der Waals surface area contributed by atoms with Gasteiger partial charge < -0.3 is 4.90 Å². The zero-order valence-electron chi connectivity index (χ0n) is 23.7. The van der Waals surface area contributed by atoms with Crippen LogP contribution in [0.15, 0.2) is 0 Å². The number of hydrogen-bond donors (Lipinski definition) is 0. The normalized spacial score (nSPS) is 11.3. The van der Waals surface area contributed by atoms with Crippen molar-refractivity contribution in [3.05, 3.63) is 0 Å². The van der Waals surface area contributed by atoms with Gasteiger partial charge in [0.15, 0.2) is 0 Å². The fourth-order valence-electron chi connectivity index (χ4n) is 4.96. The highest BCUT2D eigenvalue weighted by Crippen LogP contribution is 2.15. The Hall–Kier alpha value is 0.250. The Morgan fingerprint density at radius 3 is 0.727 bits per heavy atom. The number of hydrogen-bond acceptors (Lipinski definition) is 1. The maximum absolute atomic E-state index is 2.68. The van der Waals surface area contributed by atoms with E-state index in [0.29, 0.717) is 0 Å². The zero-order chi connectivity index (χ0) is 23.4. The summed E-state index contributed by atoms with van der Waals surface area (Å²) in [6.45, 7) is 10.9. The minimum Gasteiger partial charge on any atom is -0.304 e. The lowest BCUT2D eigenvalue weighted by Crippen LogP contribution is -2.25. The summed E-state index contributed by atoms with van der Waals surface area (Å²) < 4.78 is 0. The summed E-state index contributed by atoms with van der Waals surface area (Å²) in [6, 6.07) is 0. The highest BCUT2D eigenvalue weighted by molar-refractivity contribution is 5.85. The summed E-state index contributed by atoms with van der Waals surface area (Å²) in [7, 11) is 0. The molecule has 0 heterocycles. The van der Waals surface area contributed by atoms with Crippen molar-refractivity contribution in [3.63, 3.8) is 0 Å². The van der Waals surface area contributed by atoms with Crippen LogP contribution in [0.25, 0.3) is 0 Å². The van der Waals surface area contributed by atoms with Crippen LogP contribution in [0.5, 0.6) is 0 Å². The van der Waals surface area contributed by atoms with Crippen LogP contribution in [0.1, 0.15) is 181 Å². The second-order valence-corrected chi connectivity index (χ2v) is 10.6. The lowest BCUT2D eigenvalue weighted by molar-refractivity contribution is 0.273. The molecule has 33 heavy (non-hydrogen) atoms. The molecular formula is C31H66ClN. The molecule has 0 amide bonds. The molecule has 202 valence electrons. The van der Waals surface area contributed by atoms with Gasteiger partial charge in [0.1, 0.15) is 0 Å². The molecule has 0 saturated heterocycles. The summed E-state index contributed by atoms with van der Waals surface area (Å²) in [5.74, 6) is 0. The summed E-state index contributed by atoms with van der Waals surface area (Å²) in [5, 5.41) is 0. The molecule has 2 heteroatoms. The lowest BCUT2D eigenvalue weighted by Gasteiger charge is -2.20. The van der Waals surface area contributed by atoms with E-state index in [1.165, 1.54) is 180 Å². The van der Waals surface area contributed by atoms with Gasteiger partial charge >= 0.3 is 0 Å². The molecule has 0 aromatic heterocycles. The Bertz CT molecular complexity index is 320.